The average Bonchev–Trinajstić information content (AvgIpc) is 3.24. The summed E-state index contributed by atoms with van der Waals surface area (Å²) in [6.07, 6.45) is -3.43. The number of alkyl halides is 3. The van der Waals surface area contributed by atoms with Gasteiger partial charge in [0.05, 0.1) is 11.6 Å². The number of aromatic nitrogens is 1. The van der Waals surface area contributed by atoms with Crippen molar-refractivity contribution in [3.63, 3.8) is 0 Å². The highest BCUT2D eigenvalue weighted by atomic mass is 32.1. The summed E-state index contributed by atoms with van der Waals surface area (Å²) < 4.78 is 40.9. The van der Waals surface area contributed by atoms with Crippen LogP contribution in [0.25, 0.3) is 0 Å². The Morgan fingerprint density at radius 3 is 2.67 bits per heavy atom. The monoisotopic (exact) mass is 441 g/mol. The van der Waals surface area contributed by atoms with Gasteiger partial charge >= 0.3 is 11.0 Å². The van der Waals surface area contributed by atoms with E-state index in [1.807, 2.05) is 0 Å². The largest absolute Gasteiger partial charge is 0.416 e. The summed E-state index contributed by atoms with van der Waals surface area (Å²) in [5.41, 5.74) is 0.212. The lowest BCUT2D eigenvalue weighted by Gasteiger charge is -2.26. The van der Waals surface area contributed by atoms with Crippen LogP contribution in [0.3, 0.4) is 0 Å². The number of benzene rings is 1. The van der Waals surface area contributed by atoms with Gasteiger partial charge in [-0.2, -0.15) is 13.2 Å². The Labute approximate surface area is 175 Å². The van der Waals surface area contributed by atoms with Crippen molar-refractivity contribution < 1.29 is 22.8 Å². The molecule has 0 saturated carbocycles. The number of amides is 2. The molecule has 1 aliphatic rings. The summed E-state index contributed by atoms with van der Waals surface area (Å²) >= 11 is 1.04. The molecule has 0 spiro atoms. The Morgan fingerprint density at radius 2 is 2.07 bits per heavy atom. The van der Waals surface area contributed by atoms with Crippen LogP contribution in [0.4, 0.5) is 13.2 Å². The van der Waals surface area contributed by atoms with E-state index in [0.29, 0.717) is 19.4 Å². The first-order valence-electron chi connectivity index (χ1n) is 9.54. The van der Waals surface area contributed by atoms with Crippen molar-refractivity contribution in [2.75, 3.05) is 13.1 Å². The van der Waals surface area contributed by atoms with Crippen molar-refractivity contribution >= 4 is 23.2 Å². The first-order chi connectivity index (χ1) is 14.1. The molecule has 1 atom stereocenters. The minimum Gasteiger partial charge on any atom is -0.347 e. The molecule has 2 aromatic rings. The van der Waals surface area contributed by atoms with E-state index < -0.39 is 23.7 Å². The molecule has 3 rings (SSSR count). The molecular weight excluding hydrogens is 419 g/mol. The first kappa shape index (κ1) is 22.1. The maximum Gasteiger partial charge on any atom is 0.416 e. The van der Waals surface area contributed by atoms with Crippen LogP contribution >= 0.6 is 11.3 Å². The Bertz CT molecular complexity index is 983. The number of rotatable bonds is 7. The molecule has 0 radical (unpaired) electrons. The zero-order chi connectivity index (χ0) is 21.9. The third-order valence-corrected chi connectivity index (χ3v) is 5.95. The van der Waals surface area contributed by atoms with Crippen molar-refractivity contribution in [3.8, 4) is 0 Å². The molecule has 30 heavy (non-hydrogen) atoms. The molecule has 1 aromatic carbocycles. The van der Waals surface area contributed by atoms with E-state index in [0.717, 1.165) is 29.2 Å². The summed E-state index contributed by atoms with van der Waals surface area (Å²) in [6.45, 7) is 2.55. The molecule has 0 bridgehead atoms. The predicted molar refractivity (Wildman–Crippen MR) is 106 cm³/mol. The van der Waals surface area contributed by atoms with Gasteiger partial charge in [0.2, 0.25) is 11.8 Å². The molecule has 1 saturated heterocycles. The predicted octanol–water partition coefficient (Wildman–Crippen LogP) is 3.11. The molecule has 2 amide bonds. The minimum absolute atomic E-state index is 0.000881. The number of aryl methyl sites for hydroxylation is 1. The fourth-order valence-electron chi connectivity index (χ4n) is 3.44. The summed E-state index contributed by atoms with van der Waals surface area (Å²) in [7, 11) is 0. The summed E-state index contributed by atoms with van der Waals surface area (Å²) in [4.78, 5) is 37.7. The molecule has 1 N–H and O–H groups in total. The van der Waals surface area contributed by atoms with E-state index in [4.69, 9.17) is 0 Å². The topological polar surface area (TPSA) is 71.4 Å². The second-order valence-electron chi connectivity index (χ2n) is 7.23. The SMILES string of the molecule is Cc1csc(=O)n1CCC(=O)N[C@H](CN1CCCC1=O)c1cccc(C(F)(F)F)c1. The van der Waals surface area contributed by atoms with Gasteiger partial charge in [0, 0.05) is 43.5 Å². The molecule has 1 aliphatic heterocycles. The van der Waals surface area contributed by atoms with Crippen molar-refractivity contribution in [3.05, 3.63) is 56.1 Å². The van der Waals surface area contributed by atoms with Gasteiger partial charge in [0.25, 0.3) is 0 Å². The Kier molecular flexibility index (Phi) is 6.64. The number of nitrogens with one attached hydrogen (secondary N) is 1. The first-order valence-corrected chi connectivity index (χ1v) is 10.4. The molecular formula is C20H22F3N3O3S. The van der Waals surface area contributed by atoms with E-state index in [-0.39, 0.29) is 35.9 Å². The van der Waals surface area contributed by atoms with Crippen LogP contribution in [0.15, 0.2) is 34.4 Å². The lowest BCUT2D eigenvalue weighted by Crippen LogP contribution is -2.39. The Balaban J connectivity index is 1.76. The molecule has 10 heteroatoms. The quantitative estimate of drug-likeness (QED) is 0.718. The van der Waals surface area contributed by atoms with Gasteiger partial charge < -0.3 is 14.8 Å². The lowest BCUT2D eigenvalue weighted by molar-refractivity contribution is -0.137. The maximum absolute atomic E-state index is 13.1. The Morgan fingerprint density at radius 1 is 1.30 bits per heavy atom. The third-order valence-electron chi connectivity index (χ3n) is 5.06. The van der Waals surface area contributed by atoms with Crippen LogP contribution in [0, 0.1) is 6.92 Å². The molecule has 2 heterocycles. The van der Waals surface area contributed by atoms with Crippen LogP contribution in [0.5, 0.6) is 0 Å². The molecule has 1 fully saturated rings. The summed E-state index contributed by atoms with van der Waals surface area (Å²) in [5, 5.41) is 4.45. The van der Waals surface area contributed by atoms with Gasteiger partial charge in [-0.1, -0.05) is 23.5 Å². The van der Waals surface area contributed by atoms with Crippen molar-refractivity contribution in [1.82, 2.24) is 14.8 Å². The minimum atomic E-state index is -4.51. The number of carbonyl (C=O) groups excluding carboxylic acids is 2. The van der Waals surface area contributed by atoms with E-state index in [1.54, 1.807) is 17.2 Å². The van der Waals surface area contributed by atoms with Gasteiger partial charge in [-0.25, -0.2) is 0 Å². The van der Waals surface area contributed by atoms with Gasteiger partial charge in [-0.05, 0) is 31.0 Å². The van der Waals surface area contributed by atoms with Crippen molar-refractivity contribution in [1.29, 1.82) is 0 Å². The highest BCUT2D eigenvalue weighted by Crippen LogP contribution is 2.31. The number of hydrogen-bond donors (Lipinski definition) is 1. The Hall–Kier alpha value is -2.62. The average molecular weight is 441 g/mol. The van der Waals surface area contributed by atoms with Crippen LogP contribution in [0.2, 0.25) is 0 Å². The molecule has 0 unspecified atom stereocenters. The fourth-order valence-corrected chi connectivity index (χ4v) is 4.20. The zero-order valence-electron chi connectivity index (χ0n) is 16.4. The number of halogens is 3. The summed E-state index contributed by atoms with van der Waals surface area (Å²) in [5.74, 6) is -0.483. The summed E-state index contributed by atoms with van der Waals surface area (Å²) in [6, 6.07) is 3.99. The van der Waals surface area contributed by atoms with Gasteiger partial charge in [0.1, 0.15) is 0 Å². The highest BCUT2D eigenvalue weighted by Gasteiger charge is 2.32. The van der Waals surface area contributed by atoms with Crippen LogP contribution in [-0.2, 0) is 22.3 Å². The molecule has 0 aliphatic carbocycles. The van der Waals surface area contributed by atoms with E-state index in [2.05, 4.69) is 5.32 Å². The number of carbonyl (C=O) groups is 2. The van der Waals surface area contributed by atoms with Crippen LogP contribution in [-0.4, -0.2) is 34.4 Å². The molecule has 6 nitrogen and oxygen atoms in total. The smallest absolute Gasteiger partial charge is 0.347 e. The number of thiazole rings is 1. The van der Waals surface area contributed by atoms with Gasteiger partial charge in [-0.15, -0.1) is 0 Å². The second-order valence-corrected chi connectivity index (χ2v) is 8.05. The van der Waals surface area contributed by atoms with Crippen molar-refractivity contribution in [2.24, 2.45) is 0 Å². The number of likely N-dealkylation sites (tertiary alicyclic amines) is 1. The zero-order valence-corrected chi connectivity index (χ0v) is 17.2. The van der Waals surface area contributed by atoms with E-state index >= 15 is 0 Å². The van der Waals surface area contributed by atoms with Crippen molar-refractivity contribution in [2.45, 2.75) is 44.9 Å². The van der Waals surface area contributed by atoms with E-state index in [9.17, 15) is 27.6 Å². The lowest BCUT2D eigenvalue weighted by atomic mass is 10.0. The third kappa shape index (κ3) is 5.29. The highest BCUT2D eigenvalue weighted by molar-refractivity contribution is 7.07. The van der Waals surface area contributed by atoms with Gasteiger partial charge in [-0.3, -0.25) is 14.4 Å². The molecule has 162 valence electrons. The standard InChI is InChI=1S/C20H22F3N3O3S/c1-13-12-30-19(29)26(13)9-7-17(27)24-16(11-25-8-3-6-18(25)28)14-4-2-5-15(10-14)20(21,22)23/h2,4-5,10,12,16H,3,6-9,11H2,1H3,(H,24,27)/t16-/m1/s1. The number of nitrogens with zero attached hydrogens (tertiary/aromatic N) is 2. The van der Waals surface area contributed by atoms with Crippen LogP contribution < -0.4 is 10.2 Å². The fraction of sp³-hybridized carbons (Fsp3) is 0.450. The van der Waals surface area contributed by atoms with Gasteiger partial charge in [0.15, 0.2) is 0 Å². The normalized spacial score (nSPS) is 15.5. The second kappa shape index (κ2) is 9.03. The molecule has 1 aromatic heterocycles. The number of hydrogen-bond acceptors (Lipinski definition) is 4. The maximum atomic E-state index is 13.1. The van der Waals surface area contributed by atoms with Crippen LogP contribution in [0.1, 0.15) is 42.1 Å². The van der Waals surface area contributed by atoms with E-state index in [1.165, 1.54) is 16.7 Å².